The molecule has 0 aliphatic heterocycles. The van der Waals surface area contributed by atoms with Gasteiger partial charge in [0.15, 0.2) is 0 Å². The van der Waals surface area contributed by atoms with Crippen LogP contribution in [0.4, 0.5) is 0 Å². The number of rotatable bonds is 7. The molecule has 1 atom stereocenters. The van der Waals surface area contributed by atoms with Gasteiger partial charge in [0.2, 0.25) is 0 Å². The maximum Gasteiger partial charge on any atom is 0.0704 e. The Morgan fingerprint density at radius 3 is 3.16 bits per heavy atom. The summed E-state index contributed by atoms with van der Waals surface area (Å²) in [7, 11) is 3.90. The predicted octanol–water partition coefficient (Wildman–Crippen LogP) is 3.06. The molecule has 1 heterocycles. The normalized spacial score (nSPS) is 18.8. The molecule has 2 rings (SSSR count). The Morgan fingerprint density at radius 1 is 1.53 bits per heavy atom. The van der Waals surface area contributed by atoms with Gasteiger partial charge in [0.1, 0.15) is 0 Å². The fourth-order valence-corrected chi connectivity index (χ4v) is 4.34. The smallest absolute Gasteiger partial charge is 0.0704 e. The molecule has 0 aromatic carbocycles. The summed E-state index contributed by atoms with van der Waals surface area (Å²) >= 11 is 5.50. The minimum Gasteiger partial charge on any atom is -0.383 e. The number of hydrogen-bond acceptors (Lipinski definition) is 4. The van der Waals surface area contributed by atoms with Crippen LogP contribution in [0.3, 0.4) is 0 Å². The van der Waals surface area contributed by atoms with Crippen LogP contribution >= 0.6 is 27.3 Å². The van der Waals surface area contributed by atoms with Crippen molar-refractivity contribution in [1.29, 1.82) is 0 Å². The van der Waals surface area contributed by atoms with Gasteiger partial charge in [0.25, 0.3) is 0 Å². The average molecular weight is 347 g/mol. The van der Waals surface area contributed by atoms with Gasteiger partial charge >= 0.3 is 0 Å². The summed E-state index contributed by atoms with van der Waals surface area (Å²) in [4.78, 5) is 3.87. The van der Waals surface area contributed by atoms with E-state index in [2.05, 4.69) is 39.3 Å². The first-order valence-corrected chi connectivity index (χ1v) is 8.50. The third-order valence-electron chi connectivity index (χ3n) is 3.65. The van der Waals surface area contributed by atoms with Gasteiger partial charge in [-0.3, -0.25) is 0 Å². The molecular weight excluding hydrogens is 324 g/mol. The third-order valence-corrected chi connectivity index (χ3v) is 5.36. The lowest BCUT2D eigenvalue weighted by Crippen LogP contribution is -2.34. The van der Waals surface area contributed by atoms with Gasteiger partial charge in [-0.05, 0) is 53.9 Å². The van der Waals surface area contributed by atoms with Gasteiger partial charge in [-0.2, -0.15) is 0 Å². The number of nitrogens with zero attached hydrogens (tertiary/aromatic N) is 1. The van der Waals surface area contributed by atoms with Crippen molar-refractivity contribution < 1.29 is 4.74 Å². The fraction of sp³-hybridized carbons (Fsp3) is 0.714. The quantitative estimate of drug-likeness (QED) is 0.821. The summed E-state index contributed by atoms with van der Waals surface area (Å²) in [6.45, 7) is 3.91. The first kappa shape index (κ1) is 15.4. The van der Waals surface area contributed by atoms with Crippen LogP contribution in [0.1, 0.15) is 29.3 Å². The number of ether oxygens (including phenoxy) is 1. The Balaban J connectivity index is 1.78. The van der Waals surface area contributed by atoms with E-state index in [1.54, 1.807) is 12.0 Å². The predicted molar refractivity (Wildman–Crippen MR) is 85.1 cm³/mol. The van der Waals surface area contributed by atoms with Crippen LogP contribution in [0.5, 0.6) is 0 Å². The van der Waals surface area contributed by atoms with Crippen molar-refractivity contribution in [3.63, 3.8) is 0 Å². The van der Waals surface area contributed by atoms with E-state index in [4.69, 9.17) is 4.74 Å². The highest BCUT2D eigenvalue weighted by molar-refractivity contribution is 9.11. The van der Waals surface area contributed by atoms with Crippen LogP contribution < -0.4 is 5.32 Å². The molecule has 0 spiro atoms. The molecule has 1 N–H and O–H groups in total. The van der Waals surface area contributed by atoms with Crippen LogP contribution in [0.15, 0.2) is 9.85 Å². The molecule has 0 saturated heterocycles. The van der Waals surface area contributed by atoms with E-state index in [0.717, 1.165) is 26.2 Å². The lowest BCUT2D eigenvalue weighted by atomic mass is 9.94. The summed E-state index contributed by atoms with van der Waals surface area (Å²) in [5.41, 5.74) is 1.52. The zero-order valence-corrected chi connectivity index (χ0v) is 14.1. The average Bonchev–Trinajstić information content (AvgIpc) is 2.77. The molecule has 1 unspecified atom stereocenters. The van der Waals surface area contributed by atoms with Crippen molar-refractivity contribution in [1.82, 2.24) is 10.2 Å². The summed E-state index contributed by atoms with van der Waals surface area (Å²) < 4.78 is 6.36. The summed E-state index contributed by atoms with van der Waals surface area (Å²) in [5.74, 6) is 0. The Kier molecular flexibility index (Phi) is 6.29. The topological polar surface area (TPSA) is 24.5 Å². The van der Waals surface area contributed by atoms with Crippen molar-refractivity contribution >= 4 is 27.3 Å². The highest BCUT2D eigenvalue weighted by Crippen LogP contribution is 2.37. The number of aryl methyl sites for hydroxylation is 1. The van der Waals surface area contributed by atoms with Crippen LogP contribution in [0.2, 0.25) is 0 Å². The van der Waals surface area contributed by atoms with Crippen LogP contribution in [-0.4, -0.2) is 45.3 Å². The number of methoxy groups -OCH3 is 1. The molecule has 1 aromatic heterocycles. The standard InChI is InChI=1S/C14H23BrN2OS/c1-17(8-9-18-2)7-6-16-12-4-3-5-13-11(12)10-14(15)19-13/h10,12,16H,3-9H2,1-2H3. The molecule has 0 bridgehead atoms. The fourth-order valence-electron chi connectivity index (χ4n) is 2.52. The number of thiophene rings is 1. The third kappa shape index (κ3) is 4.53. The van der Waals surface area contributed by atoms with Gasteiger partial charge in [0.05, 0.1) is 10.4 Å². The second-order valence-electron chi connectivity index (χ2n) is 5.12. The first-order chi connectivity index (χ1) is 9.20. The van der Waals surface area contributed by atoms with Gasteiger partial charge in [-0.25, -0.2) is 0 Å². The number of likely N-dealkylation sites (N-methyl/N-ethyl adjacent to an activating group) is 1. The van der Waals surface area contributed by atoms with E-state index >= 15 is 0 Å². The second kappa shape index (κ2) is 7.74. The number of nitrogens with one attached hydrogen (secondary N) is 1. The largest absolute Gasteiger partial charge is 0.383 e. The number of fused-ring (bicyclic) bond motifs is 1. The first-order valence-electron chi connectivity index (χ1n) is 6.89. The zero-order chi connectivity index (χ0) is 13.7. The van der Waals surface area contributed by atoms with Crippen LogP contribution in [0, 0.1) is 0 Å². The Bertz CT molecular complexity index is 397. The molecule has 1 aliphatic carbocycles. The second-order valence-corrected chi connectivity index (χ2v) is 7.64. The lowest BCUT2D eigenvalue weighted by Gasteiger charge is -2.25. The molecule has 5 heteroatoms. The minimum absolute atomic E-state index is 0.544. The summed E-state index contributed by atoms with van der Waals surface area (Å²) in [6, 6.07) is 2.84. The van der Waals surface area contributed by atoms with Crippen molar-refractivity contribution in [3.05, 3.63) is 20.3 Å². The van der Waals surface area contributed by atoms with E-state index in [1.165, 1.54) is 28.6 Å². The molecule has 0 fully saturated rings. The molecule has 1 aromatic rings. The number of halogens is 1. The molecule has 0 radical (unpaired) electrons. The van der Waals surface area contributed by atoms with E-state index in [-0.39, 0.29) is 0 Å². The van der Waals surface area contributed by atoms with E-state index < -0.39 is 0 Å². The molecule has 3 nitrogen and oxygen atoms in total. The Labute approximate surface area is 128 Å². The van der Waals surface area contributed by atoms with Crippen LogP contribution in [0.25, 0.3) is 0 Å². The zero-order valence-electron chi connectivity index (χ0n) is 11.7. The minimum atomic E-state index is 0.544. The Morgan fingerprint density at radius 2 is 2.37 bits per heavy atom. The Hall–Kier alpha value is 0.0600. The van der Waals surface area contributed by atoms with Crippen molar-refractivity contribution in [2.75, 3.05) is 40.4 Å². The van der Waals surface area contributed by atoms with Crippen molar-refractivity contribution in [2.45, 2.75) is 25.3 Å². The monoisotopic (exact) mass is 346 g/mol. The maximum absolute atomic E-state index is 5.09. The van der Waals surface area contributed by atoms with Crippen molar-refractivity contribution in [3.8, 4) is 0 Å². The molecule has 0 amide bonds. The summed E-state index contributed by atoms with van der Waals surface area (Å²) in [5, 5.41) is 3.70. The SMILES string of the molecule is COCCN(C)CCNC1CCCc2sc(Br)cc21. The van der Waals surface area contributed by atoms with E-state index in [0.29, 0.717) is 6.04 Å². The van der Waals surface area contributed by atoms with Crippen molar-refractivity contribution in [2.24, 2.45) is 0 Å². The van der Waals surface area contributed by atoms with E-state index in [9.17, 15) is 0 Å². The van der Waals surface area contributed by atoms with Gasteiger partial charge in [-0.15, -0.1) is 11.3 Å². The number of hydrogen-bond donors (Lipinski definition) is 1. The lowest BCUT2D eigenvalue weighted by molar-refractivity contribution is 0.161. The van der Waals surface area contributed by atoms with Gasteiger partial charge in [0, 0.05) is 37.7 Å². The summed E-state index contributed by atoms with van der Waals surface area (Å²) in [6.07, 6.45) is 3.81. The molecule has 19 heavy (non-hydrogen) atoms. The maximum atomic E-state index is 5.09. The van der Waals surface area contributed by atoms with E-state index in [1.807, 2.05) is 11.3 Å². The highest BCUT2D eigenvalue weighted by Gasteiger charge is 2.21. The van der Waals surface area contributed by atoms with Gasteiger partial charge in [-0.1, -0.05) is 0 Å². The van der Waals surface area contributed by atoms with Crippen LogP contribution in [-0.2, 0) is 11.2 Å². The molecular formula is C14H23BrN2OS. The highest BCUT2D eigenvalue weighted by atomic mass is 79.9. The van der Waals surface area contributed by atoms with Gasteiger partial charge < -0.3 is 15.0 Å². The molecule has 108 valence electrons. The molecule has 0 saturated carbocycles. The molecule has 1 aliphatic rings.